The first-order valence-corrected chi connectivity index (χ1v) is 10.1. The van der Waals surface area contributed by atoms with Gasteiger partial charge in [0, 0.05) is 11.3 Å². The maximum Gasteiger partial charge on any atom is 0.282 e. The standard InChI is InChI=1S/C22H27N3O4/c1-16(22(26)23-18-4-6-19(27-2)7-5-18)25-11-9-24(10-12-25)14-17-3-8-20-21(13-17)29-15-28-20/h3-8,13,16H,9-12,14-15H2,1-2H3,(H,23,26)/p+2/t16-/m0/s1. The van der Waals surface area contributed by atoms with Gasteiger partial charge < -0.3 is 29.3 Å². The zero-order valence-electron chi connectivity index (χ0n) is 17.0. The minimum absolute atomic E-state index is 0.0596. The Morgan fingerprint density at radius 1 is 1.07 bits per heavy atom. The molecule has 0 aromatic heterocycles. The molecule has 1 atom stereocenters. The van der Waals surface area contributed by atoms with Crippen molar-refractivity contribution in [2.24, 2.45) is 0 Å². The Morgan fingerprint density at radius 3 is 2.52 bits per heavy atom. The van der Waals surface area contributed by atoms with Crippen molar-refractivity contribution in [1.29, 1.82) is 0 Å². The minimum Gasteiger partial charge on any atom is -0.497 e. The average Bonchev–Trinajstić information content (AvgIpc) is 3.22. The summed E-state index contributed by atoms with van der Waals surface area (Å²) in [6, 6.07) is 13.5. The van der Waals surface area contributed by atoms with E-state index in [1.165, 1.54) is 15.4 Å². The number of hydrogen-bond donors (Lipinski definition) is 3. The number of ether oxygens (including phenoxy) is 3. The molecule has 2 aromatic carbocycles. The first kappa shape index (κ1) is 19.5. The smallest absolute Gasteiger partial charge is 0.282 e. The number of piperazine rings is 1. The van der Waals surface area contributed by atoms with Crippen LogP contribution in [0.2, 0.25) is 0 Å². The Labute approximate surface area is 171 Å². The quantitative estimate of drug-likeness (QED) is 0.626. The molecule has 29 heavy (non-hydrogen) atoms. The molecule has 3 N–H and O–H groups in total. The number of carbonyl (C=O) groups is 1. The number of hydrogen-bond acceptors (Lipinski definition) is 4. The predicted molar refractivity (Wildman–Crippen MR) is 109 cm³/mol. The number of methoxy groups -OCH3 is 1. The molecular weight excluding hydrogens is 370 g/mol. The molecule has 2 aromatic rings. The average molecular weight is 399 g/mol. The Balaban J connectivity index is 1.26. The van der Waals surface area contributed by atoms with Crippen LogP contribution in [0, 0.1) is 0 Å². The molecule has 1 saturated heterocycles. The van der Waals surface area contributed by atoms with E-state index in [0.29, 0.717) is 6.79 Å². The highest BCUT2D eigenvalue weighted by atomic mass is 16.7. The Hall–Kier alpha value is -2.77. The van der Waals surface area contributed by atoms with E-state index in [0.717, 1.165) is 55.7 Å². The molecule has 0 radical (unpaired) electrons. The number of anilines is 1. The number of rotatable bonds is 6. The van der Waals surface area contributed by atoms with Gasteiger partial charge in [-0.3, -0.25) is 4.79 Å². The van der Waals surface area contributed by atoms with Gasteiger partial charge in [-0.15, -0.1) is 0 Å². The second-order valence-electron chi connectivity index (χ2n) is 7.71. The van der Waals surface area contributed by atoms with E-state index in [1.54, 1.807) is 7.11 Å². The molecule has 7 nitrogen and oxygen atoms in total. The van der Waals surface area contributed by atoms with E-state index in [4.69, 9.17) is 14.2 Å². The summed E-state index contributed by atoms with van der Waals surface area (Å²) >= 11 is 0. The number of amides is 1. The predicted octanol–water partition coefficient (Wildman–Crippen LogP) is -0.265. The largest absolute Gasteiger partial charge is 0.497 e. The highest BCUT2D eigenvalue weighted by Gasteiger charge is 2.31. The van der Waals surface area contributed by atoms with Gasteiger partial charge in [0.1, 0.15) is 38.5 Å². The first-order chi connectivity index (χ1) is 14.1. The lowest BCUT2D eigenvalue weighted by Gasteiger charge is -2.32. The Bertz CT molecular complexity index is 848. The fraction of sp³-hybridized carbons (Fsp3) is 0.409. The molecule has 2 aliphatic rings. The van der Waals surface area contributed by atoms with Gasteiger partial charge in [-0.2, -0.15) is 0 Å². The summed E-state index contributed by atoms with van der Waals surface area (Å²) in [5.41, 5.74) is 2.06. The Morgan fingerprint density at radius 2 is 1.79 bits per heavy atom. The van der Waals surface area contributed by atoms with Crippen molar-refractivity contribution in [1.82, 2.24) is 0 Å². The zero-order chi connectivity index (χ0) is 20.2. The van der Waals surface area contributed by atoms with Crippen LogP contribution in [-0.2, 0) is 11.3 Å². The topological polar surface area (TPSA) is 65.7 Å². The number of quaternary nitrogens is 2. The van der Waals surface area contributed by atoms with Crippen LogP contribution in [0.25, 0.3) is 0 Å². The van der Waals surface area contributed by atoms with Gasteiger partial charge in [0.05, 0.1) is 7.11 Å². The van der Waals surface area contributed by atoms with Crippen LogP contribution in [0.3, 0.4) is 0 Å². The maximum absolute atomic E-state index is 12.7. The van der Waals surface area contributed by atoms with Gasteiger partial charge in [-0.05, 0) is 49.4 Å². The summed E-state index contributed by atoms with van der Waals surface area (Å²) in [6.45, 7) is 7.35. The van der Waals surface area contributed by atoms with Gasteiger partial charge in [0.15, 0.2) is 17.5 Å². The highest BCUT2D eigenvalue weighted by molar-refractivity contribution is 5.93. The van der Waals surface area contributed by atoms with Crippen LogP contribution < -0.4 is 29.3 Å². The minimum atomic E-state index is -0.0794. The van der Waals surface area contributed by atoms with Gasteiger partial charge in [0.2, 0.25) is 6.79 Å². The monoisotopic (exact) mass is 399 g/mol. The third kappa shape index (κ3) is 4.63. The molecule has 2 heterocycles. The molecule has 4 rings (SSSR count). The number of benzene rings is 2. The lowest BCUT2D eigenvalue weighted by molar-refractivity contribution is -1.02. The van der Waals surface area contributed by atoms with Crippen molar-refractivity contribution in [2.75, 3.05) is 45.4 Å². The van der Waals surface area contributed by atoms with Crippen LogP contribution in [-0.4, -0.2) is 52.0 Å². The molecular formula is C22H29N3O4+2. The second kappa shape index (κ2) is 8.71. The van der Waals surface area contributed by atoms with E-state index in [9.17, 15) is 4.79 Å². The lowest BCUT2D eigenvalue weighted by Crippen LogP contribution is -3.29. The van der Waals surface area contributed by atoms with Crippen molar-refractivity contribution in [3.63, 3.8) is 0 Å². The van der Waals surface area contributed by atoms with Crippen LogP contribution in [0.1, 0.15) is 12.5 Å². The number of nitrogens with one attached hydrogen (secondary N) is 3. The van der Waals surface area contributed by atoms with Crippen molar-refractivity contribution in [2.45, 2.75) is 19.5 Å². The molecule has 0 unspecified atom stereocenters. The lowest BCUT2D eigenvalue weighted by atomic mass is 10.1. The molecule has 7 heteroatoms. The summed E-state index contributed by atoms with van der Waals surface area (Å²) in [7, 11) is 1.63. The van der Waals surface area contributed by atoms with Gasteiger partial charge in [-0.25, -0.2) is 0 Å². The normalized spacial score (nSPS) is 21.4. The molecule has 0 spiro atoms. The van der Waals surface area contributed by atoms with E-state index in [1.807, 2.05) is 37.3 Å². The van der Waals surface area contributed by atoms with Crippen molar-refractivity contribution < 1.29 is 28.8 Å². The van der Waals surface area contributed by atoms with E-state index < -0.39 is 0 Å². The molecule has 1 amide bonds. The van der Waals surface area contributed by atoms with Gasteiger partial charge in [0.25, 0.3) is 5.91 Å². The fourth-order valence-electron chi connectivity index (χ4n) is 3.98. The van der Waals surface area contributed by atoms with E-state index >= 15 is 0 Å². The third-order valence-corrected chi connectivity index (χ3v) is 5.85. The molecule has 154 valence electrons. The van der Waals surface area contributed by atoms with E-state index in [2.05, 4.69) is 17.4 Å². The van der Waals surface area contributed by atoms with Crippen LogP contribution in [0.15, 0.2) is 42.5 Å². The highest BCUT2D eigenvalue weighted by Crippen LogP contribution is 2.32. The zero-order valence-corrected chi connectivity index (χ0v) is 17.0. The Kier molecular flexibility index (Phi) is 5.87. The van der Waals surface area contributed by atoms with Crippen molar-refractivity contribution >= 4 is 11.6 Å². The van der Waals surface area contributed by atoms with Crippen molar-refractivity contribution in [3.8, 4) is 17.2 Å². The van der Waals surface area contributed by atoms with Gasteiger partial charge >= 0.3 is 0 Å². The first-order valence-electron chi connectivity index (χ1n) is 10.1. The summed E-state index contributed by atoms with van der Waals surface area (Å²) in [5, 5.41) is 3.02. The molecule has 1 fully saturated rings. The summed E-state index contributed by atoms with van der Waals surface area (Å²) < 4.78 is 16.0. The molecule has 0 saturated carbocycles. The third-order valence-electron chi connectivity index (χ3n) is 5.85. The fourth-order valence-corrected chi connectivity index (χ4v) is 3.98. The summed E-state index contributed by atoms with van der Waals surface area (Å²) in [6.07, 6.45) is 0. The van der Waals surface area contributed by atoms with Crippen LogP contribution in [0.4, 0.5) is 5.69 Å². The van der Waals surface area contributed by atoms with Crippen LogP contribution in [0.5, 0.6) is 17.2 Å². The van der Waals surface area contributed by atoms with Crippen molar-refractivity contribution in [3.05, 3.63) is 48.0 Å². The maximum atomic E-state index is 12.7. The summed E-state index contributed by atoms with van der Waals surface area (Å²) in [4.78, 5) is 15.5. The summed E-state index contributed by atoms with van der Waals surface area (Å²) in [5.74, 6) is 2.51. The van der Waals surface area contributed by atoms with Gasteiger partial charge in [-0.1, -0.05) is 0 Å². The van der Waals surface area contributed by atoms with Crippen LogP contribution >= 0.6 is 0 Å². The second-order valence-corrected chi connectivity index (χ2v) is 7.71. The molecule has 2 aliphatic heterocycles. The molecule has 0 bridgehead atoms. The van der Waals surface area contributed by atoms with E-state index in [-0.39, 0.29) is 11.9 Å². The molecule has 0 aliphatic carbocycles. The SMILES string of the molecule is COc1ccc(NC(=O)[C@H](C)[NH+]2CC[NH+](Cc3ccc4c(c3)OCO4)CC2)cc1. The number of carbonyl (C=O) groups excluding carboxylic acids is 1. The number of fused-ring (bicyclic) bond motifs is 1.